The monoisotopic (exact) mass is 381 g/mol. The van der Waals surface area contributed by atoms with Crippen LogP contribution in [0.25, 0.3) is 11.3 Å². The van der Waals surface area contributed by atoms with Crippen molar-refractivity contribution in [2.45, 2.75) is 17.1 Å². The first-order valence-electron chi connectivity index (χ1n) is 8.04. The number of hydrogen-bond acceptors (Lipinski definition) is 5. The molecule has 2 aromatic carbocycles. The molecule has 1 aliphatic rings. The second kappa shape index (κ2) is 6.93. The van der Waals surface area contributed by atoms with Crippen LogP contribution in [0.2, 0.25) is 0 Å². The molecule has 0 aliphatic carbocycles. The largest absolute Gasteiger partial charge is 0.324 e. The van der Waals surface area contributed by atoms with Crippen molar-refractivity contribution in [3.8, 4) is 11.3 Å². The van der Waals surface area contributed by atoms with E-state index >= 15 is 0 Å². The fourth-order valence-corrected chi connectivity index (χ4v) is 4.24. The summed E-state index contributed by atoms with van der Waals surface area (Å²) in [6, 6.07) is 15.1. The van der Waals surface area contributed by atoms with Crippen LogP contribution in [0.15, 0.2) is 58.8 Å². The van der Waals surface area contributed by atoms with Gasteiger partial charge in [0.15, 0.2) is 5.13 Å². The first kappa shape index (κ1) is 16.8. The summed E-state index contributed by atoms with van der Waals surface area (Å²) in [6.45, 7) is 1.86. The lowest BCUT2D eigenvalue weighted by atomic mass is 10.2. The molecular formula is C19H15N3O2S2. The minimum absolute atomic E-state index is 0.0486. The lowest BCUT2D eigenvalue weighted by Gasteiger charge is -2.21. The maximum Gasteiger partial charge on any atom is 0.257 e. The summed E-state index contributed by atoms with van der Waals surface area (Å²) in [7, 11) is 0. The van der Waals surface area contributed by atoms with Gasteiger partial charge in [-0.15, -0.1) is 23.1 Å². The van der Waals surface area contributed by atoms with Gasteiger partial charge in [-0.05, 0) is 25.1 Å². The molecule has 3 aromatic rings. The average molecular weight is 381 g/mol. The molecule has 5 nitrogen and oxygen atoms in total. The van der Waals surface area contributed by atoms with Gasteiger partial charge in [0.05, 0.1) is 16.6 Å². The van der Waals surface area contributed by atoms with Crippen molar-refractivity contribution in [3.63, 3.8) is 0 Å². The molecule has 2 N–H and O–H groups in total. The van der Waals surface area contributed by atoms with E-state index in [1.165, 1.54) is 23.1 Å². The van der Waals surface area contributed by atoms with E-state index in [-0.39, 0.29) is 17.1 Å². The summed E-state index contributed by atoms with van der Waals surface area (Å²) in [5.41, 5.74) is 2.99. The van der Waals surface area contributed by atoms with E-state index in [0.29, 0.717) is 16.4 Å². The first-order chi connectivity index (χ1) is 12.6. The highest BCUT2D eigenvalue weighted by atomic mass is 32.2. The number of fused-ring (bicyclic) bond motifs is 1. The van der Waals surface area contributed by atoms with Crippen LogP contribution in [-0.4, -0.2) is 22.0 Å². The zero-order valence-corrected chi connectivity index (χ0v) is 15.5. The second-order valence-corrected chi connectivity index (χ2v) is 8.06. The van der Waals surface area contributed by atoms with Crippen LogP contribution in [-0.2, 0) is 4.79 Å². The SMILES string of the molecule is CC1Sc2ccc(C(=O)Nc3nc(-c4ccccc4)cs3)cc2NC1=O. The molecule has 26 heavy (non-hydrogen) atoms. The van der Waals surface area contributed by atoms with Crippen molar-refractivity contribution in [1.29, 1.82) is 0 Å². The van der Waals surface area contributed by atoms with Gasteiger partial charge >= 0.3 is 0 Å². The van der Waals surface area contributed by atoms with Gasteiger partial charge < -0.3 is 5.32 Å². The molecule has 1 unspecified atom stereocenters. The molecule has 0 bridgehead atoms. The minimum atomic E-state index is -0.250. The van der Waals surface area contributed by atoms with Crippen molar-refractivity contribution in [2.75, 3.05) is 10.6 Å². The lowest BCUT2D eigenvalue weighted by Crippen LogP contribution is -2.26. The number of thioether (sulfide) groups is 1. The van der Waals surface area contributed by atoms with Gasteiger partial charge in [0.25, 0.3) is 5.91 Å². The van der Waals surface area contributed by atoms with Gasteiger partial charge in [-0.1, -0.05) is 30.3 Å². The van der Waals surface area contributed by atoms with E-state index in [1.807, 2.05) is 48.7 Å². The Labute approximate surface area is 158 Å². The van der Waals surface area contributed by atoms with E-state index in [1.54, 1.807) is 12.1 Å². The summed E-state index contributed by atoms with van der Waals surface area (Å²) < 4.78 is 0. The third kappa shape index (κ3) is 3.36. The standard InChI is InChI=1S/C19H15N3O2S2/c1-11-17(23)20-14-9-13(7-8-16(14)26-11)18(24)22-19-21-15(10-25-19)12-5-3-2-4-6-12/h2-11H,1H3,(H,20,23)(H,21,22,24). The number of amides is 2. The van der Waals surface area contributed by atoms with Crippen LogP contribution < -0.4 is 10.6 Å². The second-order valence-electron chi connectivity index (χ2n) is 5.82. The van der Waals surface area contributed by atoms with Crippen molar-refractivity contribution in [1.82, 2.24) is 4.98 Å². The molecular weight excluding hydrogens is 366 g/mol. The zero-order chi connectivity index (χ0) is 18.1. The van der Waals surface area contributed by atoms with Crippen molar-refractivity contribution in [3.05, 3.63) is 59.5 Å². The highest BCUT2D eigenvalue weighted by Gasteiger charge is 2.23. The molecule has 0 radical (unpaired) electrons. The van der Waals surface area contributed by atoms with Gasteiger partial charge in [0.1, 0.15) is 0 Å². The minimum Gasteiger partial charge on any atom is -0.324 e. The van der Waals surface area contributed by atoms with E-state index in [0.717, 1.165) is 16.2 Å². The number of rotatable bonds is 3. The Balaban J connectivity index is 1.52. The maximum absolute atomic E-state index is 12.5. The fraction of sp³-hybridized carbons (Fsp3) is 0.105. The van der Waals surface area contributed by atoms with Crippen LogP contribution in [0.1, 0.15) is 17.3 Å². The molecule has 7 heteroatoms. The summed E-state index contributed by atoms with van der Waals surface area (Å²) in [5.74, 6) is -0.299. The molecule has 0 spiro atoms. The molecule has 2 heterocycles. The highest BCUT2D eigenvalue weighted by molar-refractivity contribution is 8.00. The van der Waals surface area contributed by atoms with Crippen LogP contribution in [0.5, 0.6) is 0 Å². The van der Waals surface area contributed by atoms with Gasteiger partial charge in [0.2, 0.25) is 5.91 Å². The quantitative estimate of drug-likeness (QED) is 0.701. The van der Waals surface area contributed by atoms with Crippen LogP contribution in [0, 0.1) is 0 Å². The molecule has 130 valence electrons. The van der Waals surface area contributed by atoms with Gasteiger partial charge in [-0.25, -0.2) is 4.98 Å². The number of carbonyl (C=O) groups is 2. The Kier molecular flexibility index (Phi) is 4.48. The van der Waals surface area contributed by atoms with Crippen LogP contribution in [0.4, 0.5) is 10.8 Å². The Morgan fingerprint density at radius 2 is 2.00 bits per heavy atom. The predicted molar refractivity (Wildman–Crippen MR) is 106 cm³/mol. The van der Waals surface area contributed by atoms with E-state index in [2.05, 4.69) is 15.6 Å². The Morgan fingerprint density at radius 1 is 1.19 bits per heavy atom. The summed E-state index contributed by atoms with van der Waals surface area (Å²) in [6.07, 6.45) is 0. The van der Waals surface area contributed by atoms with Gasteiger partial charge in [0, 0.05) is 21.4 Å². The number of benzene rings is 2. The van der Waals surface area contributed by atoms with Crippen molar-refractivity contribution < 1.29 is 9.59 Å². The smallest absolute Gasteiger partial charge is 0.257 e. The Bertz CT molecular complexity index is 985. The molecule has 4 rings (SSSR count). The van der Waals surface area contributed by atoms with Crippen molar-refractivity contribution in [2.24, 2.45) is 0 Å². The number of anilines is 2. The first-order valence-corrected chi connectivity index (χ1v) is 9.80. The van der Waals surface area contributed by atoms with E-state index < -0.39 is 0 Å². The van der Waals surface area contributed by atoms with Crippen LogP contribution in [0.3, 0.4) is 0 Å². The molecule has 0 saturated carbocycles. The Morgan fingerprint density at radius 3 is 2.81 bits per heavy atom. The third-order valence-electron chi connectivity index (χ3n) is 3.97. The maximum atomic E-state index is 12.5. The molecule has 2 amide bonds. The number of carbonyl (C=O) groups excluding carboxylic acids is 2. The van der Waals surface area contributed by atoms with Crippen LogP contribution >= 0.6 is 23.1 Å². The number of nitrogens with zero attached hydrogens (tertiary/aromatic N) is 1. The molecule has 0 fully saturated rings. The van der Waals surface area contributed by atoms with Gasteiger partial charge in [-0.3, -0.25) is 14.9 Å². The number of hydrogen-bond donors (Lipinski definition) is 2. The molecule has 0 saturated heterocycles. The normalized spacial score (nSPS) is 15.9. The summed E-state index contributed by atoms with van der Waals surface area (Å²) in [5, 5.41) is 7.99. The predicted octanol–water partition coefficient (Wildman–Crippen LogP) is 4.50. The zero-order valence-electron chi connectivity index (χ0n) is 13.9. The number of aromatic nitrogens is 1. The Hall–Kier alpha value is -2.64. The number of thiazole rings is 1. The molecule has 1 atom stereocenters. The van der Waals surface area contributed by atoms with E-state index in [4.69, 9.17) is 0 Å². The molecule has 1 aliphatic heterocycles. The summed E-state index contributed by atoms with van der Waals surface area (Å²) >= 11 is 2.87. The van der Waals surface area contributed by atoms with E-state index in [9.17, 15) is 9.59 Å². The third-order valence-corrected chi connectivity index (χ3v) is 5.90. The highest BCUT2D eigenvalue weighted by Crippen LogP contribution is 2.36. The number of nitrogens with one attached hydrogen (secondary N) is 2. The topological polar surface area (TPSA) is 71.1 Å². The van der Waals surface area contributed by atoms with Gasteiger partial charge in [-0.2, -0.15) is 0 Å². The lowest BCUT2D eigenvalue weighted by molar-refractivity contribution is -0.115. The summed E-state index contributed by atoms with van der Waals surface area (Å²) in [4.78, 5) is 29.8. The fourth-order valence-electron chi connectivity index (χ4n) is 2.59. The molecule has 1 aromatic heterocycles. The van der Waals surface area contributed by atoms with Crippen molar-refractivity contribution >= 4 is 45.7 Å². The average Bonchev–Trinajstić information content (AvgIpc) is 3.11.